The molecular formula is C24H20N4O2. The van der Waals surface area contributed by atoms with Gasteiger partial charge in [0, 0.05) is 12.0 Å². The maximum Gasteiger partial charge on any atom is 0.274 e. The summed E-state index contributed by atoms with van der Waals surface area (Å²) >= 11 is 0. The Labute approximate surface area is 173 Å². The molecule has 6 heteroatoms. The van der Waals surface area contributed by atoms with Crippen molar-refractivity contribution in [2.24, 2.45) is 5.10 Å². The van der Waals surface area contributed by atoms with Crippen LogP contribution in [-0.4, -0.2) is 33.7 Å². The number of hydrogen-bond donors (Lipinski definition) is 1. The first kappa shape index (κ1) is 18.1. The fraction of sp³-hybridized carbons (Fsp3) is 0.125. The fourth-order valence-electron chi connectivity index (χ4n) is 3.71. The normalized spacial score (nSPS) is 16.0. The summed E-state index contributed by atoms with van der Waals surface area (Å²) in [6, 6.07) is 24.5. The lowest BCUT2D eigenvalue weighted by atomic mass is 10.0. The molecule has 4 aromatic rings. The minimum absolute atomic E-state index is 0.149. The predicted octanol–water partition coefficient (Wildman–Crippen LogP) is 4.56. The van der Waals surface area contributed by atoms with Gasteiger partial charge >= 0.3 is 0 Å². The Morgan fingerprint density at radius 2 is 1.73 bits per heavy atom. The van der Waals surface area contributed by atoms with E-state index in [2.05, 4.69) is 4.98 Å². The summed E-state index contributed by atoms with van der Waals surface area (Å²) in [5, 5.41) is 6.27. The van der Waals surface area contributed by atoms with Crippen molar-refractivity contribution < 1.29 is 9.53 Å². The molecule has 0 fully saturated rings. The van der Waals surface area contributed by atoms with Crippen LogP contribution < -0.4 is 4.74 Å². The van der Waals surface area contributed by atoms with Crippen molar-refractivity contribution in [3.05, 3.63) is 95.8 Å². The van der Waals surface area contributed by atoms with Crippen LogP contribution in [-0.2, 0) is 0 Å². The van der Waals surface area contributed by atoms with Crippen LogP contribution in [0.1, 0.15) is 34.2 Å². The van der Waals surface area contributed by atoms with Crippen molar-refractivity contribution in [3.63, 3.8) is 0 Å². The molecule has 1 amide bonds. The molecule has 0 aliphatic carbocycles. The standard InChI is InChI=1S/C24H20N4O2/c1-30-18-13-11-16(12-14-18)21-15-22(23-25-19-9-5-6-10-20(19)26-23)28(27-21)24(29)17-7-3-2-4-8-17/h2-14,22H,15H2,1H3,(H,25,26). The Balaban J connectivity index is 1.55. The second-order valence-corrected chi connectivity index (χ2v) is 7.15. The summed E-state index contributed by atoms with van der Waals surface area (Å²) in [7, 11) is 1.64. The summed E-state index contributed by atoms with van der Waals surface area (Å²) in [6.07, 6.45) is 0.574. The summed E-state index contributed by atoms with van der Waals surface area (Å²) in [4.78, 5) is 21.4. The molecule has 3 aromatic carbocycles. The average Bonchev–Trinajstić information content (AvgIpc) is 3.44. The molecule has 0 saturated carbocycles. The van der Waals surface area contributed by atoms with Gasteiger partial charge in [0.2, 0.25) is 0 Å². The molecule has 5 rings (SSSR count). The predicted molar refractivity (Wildman–Crippen MR) is 116 cm³/mol. The summed E-state index contributed by atoms with van der Waals surface area (Å²) in [5.74, 6) is 1.36. The van der Waals surface area contributed by atoms with Crippen molar-refractivity contribution in [3.8, 4) is 5.75 Å². The van der Waals surface area contributed by atoms with Gasteiger partial charge in [-0.25, -0.2) is 9.99 Å². The zero-order valence-electron chi connectivity index (χ0n) is 16.4. The van der Waals surface area contributed by atoms with Crippen LogP contribution in [0.5, 0.6) is 5.75 Å². The smallest absolute Gasteiger partial charge is 0.274 e. The van der Waals surface area contributed by atoms with E-state index < -0.39 is 0 Å². The van der Waals surface area contributed by atoms with Gasteiger partial charge in [0.15, 0.2) is 0 Å². The number of aromatic nitrogens is 2. The van der Waals surface area contributed by atoms with E-state index in [0.29, 0.717) is 12.0 Å². The number of nitrogens with one attached hydrogen (secondary N) is 1. The van der Waals surface area contributed by atoms with E-state index in [0.717, 1.165) is 33.9 Å². The van der Waals surface area contributed by atoms with Crippen molar-refractivity contribution in [2.75, 3.05) is 7.11 Å². The van der Waals surface area contributed by atoms with Crippen molar-refractivity contribution in [1.29, 1.82) is 0 Å². The van der Waals surface area contributed by atoms with Crippen molar-refractivity contribution >= 4 is 22.7 Å². The fourth-order valence-corrected chi connectivity index (χ4v) is 3.71. The first-order valence-electron chi connectivity index (χ1n) is 9.78. The third-order valence-electron chi connectivity index (χ3n) is 5.29. The van der Waals surface area contributed by atoms with Gasteiger partial charge in [-0.3, -0.25) is 4.79 Å². The van der Waals surface area contributed by atoms with E-state index in [4.69, 9.17) is 14.8 Å². The van der Waals surface area contributed by atoms with Gasteiger partial charge in [0.25, 0.3) is 5.91 Å². The Morgan fingerprint density at radius 3 is 2.47 bits per heavy atom. The lowest BCUT2D eigenvalue weighted by Gasteiger charge is -2.19. The zero-order chi connectivity index (χ0) is 20.5. The Hall–Kier alpha value is -3.93. The number of amides is 1. The molecular weight excluding hydrogens is 376 g/mol. The number of hydrogen-bond acceptors (Lipinski definition) is 4. The Bertz CT molecular complexity index is 1200. The molecule has 0 spiro atoms. The highest BCUT2D eigenvalue weighted by molar-refractivity contribution is 6.05. The summed E-state index contributed by atoms with van der Waals surface area (Å²) in [6.45, 7) is 0. The van der Waals surface area contributed by atoms with Gasteiger partial charge in [-0.1, -0.05) is 30.3 Å². The number of nitrogens with zero attached hydrogens (tertiary/aromatic N) is 3. The average molecular weight is 396 g/mol. The van der Waals surface area contributed by atoms with E-state index in [1.165, 1.54) is 0 Å². The number of aromatic amines is 1. The van der Waals surface area contributed by atoms with Crippen molar-refractivity contribution in [1.82, 2.24) is 15.0 Å². The third kappa shape index (κ3) is 3.22. The molecule has 0 radical (unpaired) electrons. The maximum atomic E-state index is 13.3. The number of methoxy groups -OCH3 is 1. The lowest BCUT2D eigenvalue weighted by Crippen LogP contribution is -2.27. The van der Waals surface area contributed by atoms with Crippen LogP contribution in [0.2, 0.25) is 0 Å². The van der Waals surface area contributed by atoms with E-state index in [-0.39, 0.29) is 11.9 Å². The van der Waals surface area contributed by atoms with Gasteiger partial charge in [0.05, 0.1) is 23.9 Å². The van der Waals surface area contributed by atoms with Crippen LogP contribution in [0, 0.1) is 0 Å². The number of ether oxygens (including phenoxy) is 1. The van der Waals surface area contributed by atoms with Gasteiger partial charge in [-0.05, 0) is 54.1 Å². The quantitative estimate of drug-likeness (QED) is 0.550. The molecule has 6 nitrogen and oxygen atoms in total. The molecule has 1 aromatic heterocycles. The van der Waals surface area contributed by atoms with Gasteiger partial charge in [0.1, 0.15) is 17.6 Å². The van der Waals surface area contributed by atoms with Crippen LogP contribution in [0.15, 0.2) is 84.0 Å². The van der Waals surface area contributed by atoms with Crippen molar-refractivity contribution in [2.45, 2.75) is 12.5 Å². The SMILES string of the molecule is COc1ccc(C2=NN(C(=O)c3ccccc3)C(c3nc4ccccc4[nH]3)C2)cc1. The van der Waals surface area contributed by atoms with E-state index in [9.17, 15) is 4.79 Å². The Morgan fingerprint density at radius 1 is 1.00 bits per heavy atom. The highest BCUT2D eigenvalue weighted by Gasteiger charge is 2.35. The third-order valence-corrected chi connectivity index (χ3v) is 5.29. The number of rotatable bonds is 4. The van der Waals surface area contributed by atoms with E-state index in [1.54, 1.807) is 24.3 Å². The molecule has 1 N–H and O–H groups in total. The van der Waals surface area contributed by atoms with Crippen LogP contribution >= 0.6 is 0 Å². The monoisotopic (exact) mass is 396 g/mol. The first-order valence-corrected chi connectivity index (χ1v) is 9.78. The van der Waals surface area contributed by atoms with E-state index in [1.807, 2.05) is 66.7 Å². The minimum atomic E-state index is -0.304. The zero-order valence-corrected chi connectivity index (χ0v) is 16.4. The van der Waals surface area contributed by atoms with Gasteiger partial charge < -0.3 is 9.72 Å². The second kappa shape index (κ2) is 7.48. The topological polar surface area (TPSA) is 70.6 Å². The maximum absolute atomic E-state index is 13.3. The Kier molecular flexibility index (Phi) is 4.52. The molecule has 0 saturated heterocycles. The molecule has 2 heterocycles. The number of fused-ring (bicyclic) bond motifs is 1. The van der Waals surface area contributed by atoms with Crippen LogP contribution in [0.3, 0.4) is 0 Å². The highest BCUT2D eigenvalue weighted by Crippen LogP contribution is 2.33. The number of imidazole rings is 1. The number of para-hydroxylation sites is 2. The van der Waals surface area contributed by atoms with E-state index >= 15 is 0 Å². The number of hydrazone groups is 1. The summed E-state index contributed by atoms with van der Waals surface area (Å²) in [5.41, 5.74) is 4.21. The van der Waals surface area contributed by atoms with Gasteiger partial charge in [-0.2, -0.15) is 5.10 Å². The minimum Gasteiger partial charge on any atom is -0.497 e. The lowest BCUT2D eigenvalue weighted by molar-refractivity contribution is 0.0705. The first-order chi connectivity index (χ1) is 14.7. The molecule has 1 unspecified atom stereocenters. The highest BCUT2D eigenvalue weighted by atomic mass is 16.5. The number of carbonyl (C=O) groups is 1. The van der Waals surface area contributed by atoms with Gasteiger partial charge in [-0.15, -0.1) is 0 Å². The largest absolute Gasteiger partial charge is 0.497 e. The number of benzene rings is 3. The molecule has 148 valence electrons. The van der Waals surface area contributed by atoms with Crippen LogP contribution in [0.25, 0.3) is 11.0 Å². The number of carbonyl (C=O) groups excluding carboxylic acids is 1. The molecule has 1 aliphatic heterocycles. The molecule has 1 atom stereocenters. The molecule has 30 heavy (non-hydrogen) atoms. The molecule has 0 bridgehead atoms. The number of H-pyrrole nitrogens is 1. The second-order valence-electron chi connectivity index (χ2n) is 7.15. The van der Waals surface area contributed by atoms with Crippen LogP contribution in [0.4, 0.5) is 0 Å². The molecule has 1 aliphatic rings. The summed E-state index contributed by atoms with van der Waals surface area (Å²) < 4.78 is 5.25.